The molecule has 2 fully saturated rings. The van der Waals surface area contributed by atoms with E-state index in [9.17, 15) is 40.5 Å². The smallest absolute Gasteiger partial charge is 0.303 e. The number of allylic oxidation sites excluding steroid dienone is 2. The molecule has 2 aromatic rings. The van der Waals surface area contributed by atoms with Crippen LogP contribution in [0.4, 0.5) is 0 Å². The standard InChI is InChI=1S/C51H74N2O8/c1-4-5-20-46(57)47(58)29-24-38-23-22-37-15-7-6-14-36(37)16-11-21-48(50(3,61)51(30-8-9-31-51)40-25-27-41(55)28-26-40)53-45(43(38)33-42(56)34-54)19-12-18-44-39(32-49(59)60)17-10-13-35(2)52-44/h6-7,14-15,24-29,35,39,42,44-48,52-58,61H,4-5,8-10,12-13,17-23,30-34H2,1-3H3,(H,59,60)/t35-,39-,42-,44+,45-,46-,47+,48+,50-/m0/s1. The fourth-order valence-electron chi connectivity index (χ4n) is 10.5. The molecule has 3 aliphatic rings. The third-order valence-corrected chi connectivity index (χ3v) is 14.1. The number of benzene rings is 2. The SMILES string of the molecule is CCCC[C@H](O)[C@H](O)C=CC1=C(C[C@H](O)CO)[C@H](CCC[C@H]2N[C@@H](C)CCC[C@H]2CC(=O)O)N[C@@H]([C@](C)(O)C2(c3ccc(O)cc3)CCCC2)CC#Cc2ccccc2CC1. The quantitative estimate of drug-likeness (QED) is 0.0711. The molecular weight excluding hydrogens is 769 g/mol. The van der Waals surface area contributed by atoms with Crippen LogP contribution in [-0.2, 0) is 16.6 Å². The van der Waals surface area contributed by atoms with Crippen molar-refractivity contribution in [3.63, 3.8) is 0 Å². The number of aryl methyl sites for hydroxylation is 1. The van der Waals surface area contributed by atoms with Crippen LogP contribution < -0.4 is 10.6 Å². The Hall–Kier alpha value is -3.53. The first kappa shape index (κ1) is 48.5. The Balaban J connectivity index is 1.66. The van der Waals surface area contributed by atoms with Crippen molar-refractivity contribution in [1.82, 2.24) is 10.6 Å². The van der Waals surface area contributed by atoms with Gasteiger partial charge in [0.25, 0.3) is 0 Å². The highest BCUT2D eigenvalue weighted by Crippen LogP contribution is 2.51. The minimum absolute atomic E-state index is 0.00610. The van der Waals surface area contributed by atoms with E-state index in [1.54, 1.807) is 18.2 Å². The molecule has 0 amide bonds. The predicted molar refractivity (Wildman–Crippen MR) is 241 cm³/mol. The van der Waals surface area contributed by atoms with Crippen LogP contribution in [0.3, 0.4) is 0 Å². The van der Waals surface area contributed by atoms with Crippen LogP contribution in [0.15, 0.2) is 71.8 Å². The van der Waals surface area contributed by atoms with Crippen LogP contribution >= 0.6 is 0 Å². The number of unbranched alkanes of at least 4 members (excludes halogenated alkanes) is 1. The van der Waals surface area contributed by atoms with E-state index < -0.39 is 54.0 Å². The van der Waals surface area contributed by atoms with Gasteiger partial charge in [-0.05, 0) is 124 Å². The van der Waals surface area contributed by atoms with Crippen molar-refractivity contribution in [3.05, 3.63) is 88.5 Å². The maximum atomic E-state index is 13.3. The minimum atomic E-state index is -1.35. The highest BCUT2D eigenvalue weighted by Gasteiger charge is 2.54. The van der Waals surface area contributed by atoms with Crippen LogP contribution in [0, 0.1) is 17.8 Å². The minimum Gasteiger partial charge on any atom is -0.508 e. The molecule has 1 saturated carbocycles. The Labute approximate surface area is 364 Å². The summed E-state index contributed by atoms with van der Waals surface area (Å²) in [5, 5.41) is 84.8. The summed E-state index contributed by atoms with van der Waals surface area (Å²) in [5.41, 5.74) is 2.62. The highest BCUT2D eigenvalue weighted by atomic mass is 16.4. The van der Waals surface area contributed by atoms with Gasteiger partial charge in [0.2, 0.25) is 0 Å². The summed E-state index contributed by atoms with van der Waals surface area (Å²) in [6, 6.07) is 14.5. The lowest BCUT2D eigenvalue weighted by Crippen LogP contribution is -2.62. The third kappa shape index (κ3) is 13.0. The average molecular weight is 843 g/mol. The lowest BCUT2D eigenvalue weighted by molar-refractivity contribution is -0.138. The van der Waals surface area contributed by atoms with E-state index in [2.05, 4.69) is 35.5 Å². The molecule has 0 bridgehead atoms. The molecule has 5 rings (SSSR count). The normalized spacial score (nSPS) is 26.1. The Bertz CT molecular complexity index is 1810. The first-order valence-electron chi connectivity index (χ1n) is 23.2. The van der Waals surface area contributed by atoms with Gasteiger partial charge in [-0.25, -0.2) is 0 Å². The molecule has 9 N–H and O–H groups in total. The van der Waals surface area contributed by atoms with Gasteiger partial charge in [0, 0.05) is 48.0 Å². The number of nitrogens with one attached hydrogen (secondary N) is 2. The van der Waals surface area contributed by atoms with E-state index in [0.29, 0.717) is 38.5 Å². The molecule has 1 saturated heterocycles. The molecule has 2 heterocycles. The topological polar surface area (TPSA) is 183 Å². The van der Waals surface area contributed by atoms with Crippen molar-refractivity contribution in [1.29, 1.82) is 0 Å². The molecule has 1 aliphatic carbocycles. The number of phenols is 1. The lowest BCUT2D eigenvalue weighted by atomic mass is 9.63. The van der Waals surface area contributed by atoms with Gasteiger partial charge in [0.1, 0.15) is 5.75 Å². The van der Waals surface area contributed by atoms with E-state index in [-0.39, 0.29) is 36.6 Å². The zero-order chi connectivity index (χ0) is 44.0. The maximum absolute atomic E-state index is 13.3. The van der Waals surface area contributed by atoms with Gasteiger partial charge < -0.3 is 46.4 Å². The van der Waals surface area contributed by atoms with Crippen molar-refractivity contribution in [2.24, 2.45) is 5.92 Å². The summed E-state index contributed by atoms with van der Waals surface area (Å²) in [6.45, 7) is 5.66. The largest absolute Gasteiger partial charge is 0.508 e. The first-order chi connectivity index (χ1) is 29.3. The summed E-state index contributed by atoms with van der Waals surface area (Å²) in [4.78, 5) is 12.0. The molecule has 2 aliphatic heterocycles. The van der Waals surface area contributed by atoms with Crippen molar-refractivity contribution in [2.45, 2.75) is 190 Å². The second kappa shape index (κ2) is 23.2. The molecule has 10 heteroatoms. The summed E-state index contributed by atoms with van der Waals surface area (Å²) in [6.07, 6.45) is 12.4. The average Bonchev–Trinajstić information content (AvgIpc) is 3.69. The van der Waals surface area contributed by atoms with Gasteiger partial charge >= 0.3 is 5.97 Å². The van der Waals surface area contributed by atoms with Crippen LogP contribution in [0.25, 0.3) is 0 Å². The lowest BCUT2D eigenvalue weighted by Gasteiger charge is -2.49. The van der Waals surface area contributed by atoms with Crippen LogP contribution in [0.5, 0.6) is 5.75 Å². The van der Waals surface area contributed by atoms with Gasteiger partial charge in [-0.3, -0.25) is 4.79 Å². The molecule has 2 aromatic carbocycles. The number of carbonyl (C=O) groups is 1. The first-order valence-corrected chi connectivity index (χ1v) is 23.2. The highest BCUT2D eigenvalue weighted by molar-refractivity contribution is 5.67. The number of aromatic hydroxyl groups is 1. The van der Waals surface area contributed by atoms with Crippen molar-refractivity contribution < 1.29 is 40.5 Å². The summed E-state index contributed by atoms with van der Waals surface area (Å²) in [7, 11) is 0. The number of carboxylic acids is 1. The monoisotopic (exact) mass is 843 g/mol. The molecule has 10 nitrogen and oxygen atoms in total. The summed E-state index contributed by atoms with van der Waals surface area (Å²) < 4.78 is 0. The van der Waals surface area contributed by atoms with Gasteiger partial charge in [0.15, 0.2) is 0 Å². The second-order valence-corrected chi connectivity index (χ2v) is 18.5. The Morgan fingerprint density at radius 3 is 2.43 bits per heavy atom. The second-order valence-electron chi connectivity index (χ2n) is 18.5. The summed E-state index contributed by atoms with van der Waals surface area (Å²) >= 11 is 0. The number of hydrogen-bond acceptors (Lipinski definition) is 9. The number of rotatable bonds is 18. The van der Waals surface area contributed by atoms with E-state index in [1.165, 1.54) is 0 Å². The van der Waals surface area contributed by atoms with Crippen LogP contribution in [0.1, 0.15) is 147 Å². The van der Waals surface area contributed by atoms with Gasteiger partial charge in [0.05, 0.1) is 30.5 Å². The fourth-order valence-corrected chi connectivity index (χ4v) is 10.5. The number of carboxylic acid groups (broad SMARTS) is 1. The molecule has 61 heavy (non-hydrogen) atoms. The number of hydrogen-bond donors (Lipinski definition) is 9. The number of aliphatic hydroxyl groups is 5. The molecule has 336 valence electrons. The van der Waals surface area contributed by atoms with E-state index in [4.69, 9.17) is 0 Å². The Morgan fingerprint density at radius 2 is 1.72 bits per heavy atom. The fraction of sp³-hybridized carbons (Fsp3) is 0.627. The zero-order valence-corrected chi connectivity index (χ0v) is 36.9. The van der Waals surface area contributed by atoms with Gasteiger partial charge in [-0.2, -0.15) is 0 Å². The molecular formula is C51H74N2O8. The van der Waals surface area contributed by atoms with E-state index in [1.807, 2.05) is 50.3 Å². The molecule has 0 spiro atoms. The van der Waals surface area contributed by atoms with Crippen molar-refractivity contribution in [2.75, 3.05) is 6.61 Å². The van der Waals surface area contributed by atoms with Crippen LogP contribution in [0.2, 0.25) is 0 Å². The van der Waals surface area contributed by atoms with Gasteiger partial charge in [-0.15, -0.1) is 0 Å². The maximum Gasteiger partial charge on any atom is 0.303 e. The molecule has 0 radical (unpaired) electrons. The third-order valence-electron chi connectivity index (χ3n) is 14.1. The number of fused-ring (bicyclic) bond motifs is 1. The van der Waals surface area contributed by atoms with Crippen molar-refractivity contribution >= 4 is 5.97 Å². The summed E-state index contributed by atoms with van der Waals surface area (Å²) in [5.74, 6) is 6.28. The number of aliphatic hydroxyl groups excluding tert-OH is 4. The molecule has 0 aromatic heterocycles. The zero-order valence-electron chi connectivity index (χ0n) is 36.9. The van der Waals surface area contributed by atoms with Crippen molar-refractivity contribution in [3.8, 4) is 17.6 Å². The number of phenolic OH excluding ortho intramolecular Hbond substituents is 1. The van der Waals surface area contributed by atoms with Crippen LogP contribution in [-0.4, -0.2) is 96.4 Å². The number of aliphatic carboxylic acids is 1. The predicted octanol–water partition coefficient (Wildman–Crippen LogP) is 6.97. The van der Waals surface area contributed by atoms with E-state index >= 15 is 0 Å². The Morgan fingerprint density at radius 1 is 0.984 bits per heavy atom. The molecule has 0 unspecified atom stereocenters. The molecule has 9 atom stereocenters. The van der Waals surface area contributed by atoms with Gasteiger partial charge in [-0.1, -0.05) is 99.8 Å². The Kier molecular flexibility index (Phi) is 18.5. The van der Waals surface area contributed by atoms with E-state index in [0.717, 1.165) is 92.0 Å².